The van der Waals surface area contributed by atoms with E-state index in [0.29, 0.717) is 0 Å². The summed E-state index contributed by atoms with van der Waals surface area (Å²) in [6.07, 6.45) is 1.03. The molecule has 3 N–H and O–H groups in total. The van der Waals surface area contributed by atoms with Gasteiger partial charge in [-0.3, -0.25) is 9.59 Å². The lowest BCUT2D eigenvalue weighted by Gasteiger charge is -2.11. The van der Waals surface area contributed by atoms with E-state index in [-0.39, 0.29) is 27.3 Å². The van der Waals surface area contributed by atoms with Crippen LogP contribution in [-0.2, 0) is 9.84 Å². The van der Waals surface area contributed by atoms with Gasteiger partial charge in [0.05, 0.1) is 4.90 Å². The molecule has 126 valence electrons. The summed E-state index contributed by atoms with van der Waals surface area (Å²) in [7, 11) is -3.47. The fourth-order valence-electron chi connectivity index (χ4n) is 2.01. The van der Waals surface area contributed by atoms with Crippen molar-refractivity contribution in [3.05, 3.63) is 58.9 Å². The number of nitrogens with one attached hydrogen (secondary N) is 1. The molecule has 0 spiro atoms. The fraction of sp³-hybridized carbons (Fsp3) is 0.125. The number of rotatable bonds is 4. The number of anilines is 1. The normalized spacial score (nSPS) is 11.1. The Labute approximate surface area is 138 Å². The number of hydrogen-bond acceptors (Lipinski definition) is 4. The molecule has 0 aliphatic rings. The minimum Gasteiger partial charge on any atom is -0.366 e. The molecule has 24 heavy (non-hydrogen) atoms. The Bertz CT molecular complexity index is 939. The Kier molecular flexibility index (Phi) is 4.70. The highest BCUT2D eigenvalue weighted by atomic mass is 32.2. The van der Waals surface area contributed by atoms with Crippen molar-refractivity contribution in [3.63, 3.8) is 0 Å². The summed E-state index contributed by atoms with van der Waals surface area (Å²) in [5.74, 6) is -2.15. The Hall–Kier alpha value is -2.74. The van der Waals surface area contributed by atoms with Crippen LogP contribution in [0.5, 0.6) is 0 Å². The lowest BCUT2D eigenvalue weighted by molar-refractivity contribution is 0.0995. The minimum atomic E-state index is -3.47. The number of hydrogen-bond donors (Lipinski definition) is 2. The van der Waals surface area contributed by atoms with Crippen LogP contribution in [0.2, 0.25) is 0 Å². The van der Waals surface area contributed by atoms with Crippen LogP contribution in [-0.4, -0.2) is 26.5 Å². The molecule has 0 heterocycles. The van der Waals surface area contributed by atoms with Gasteiger partial charge in [0.25, 0.3) is 5.91 Å². The van der Waals surface area contributed by atoms with E-state index in [1.165, 1.54) is 37.3 Å². The maximum Gasteiger partial charge on any atom is 0.255 e. The van der Waals surface area contributed by atoms with Crippen molar-refractivity contribution >= 4 is 27.3 Å². The van der Waals surface area contributed by atoms with Gasteiger partial charge in [0.1, 0.15) is 5.82 Å². The third kappa shape index (κ3) is 3.77. The number of benzene rings is 2. The van der Waals surface area contributed by atoms with Gasteiger partial charge < -0.3 is 11.1 Å². The van der Waals surface area contributed by atoms with Crippen molar-refractivity contribution in [2.75, 3.05) is 11.6 Å². The topological polar surface area (TPSA) is 106 Å². The molecular weight excluding hydrogens is 335 g/mol. The molecule has 8 heteroatoms. The molecule has 0 unspecified atom stereocenters. The van der Waals surface area contributed by atoms with Crippen molar-refractivity contribution in [2.24, 2.45) is 5.73 Å². The van der Waals surface area contributed by atoms with Crippen LogP contribution in [0, 0.1) is 12.7 Å². The van der Waals surface area contributed by atoms with Crippen LogP contribution >= 0.6 is 0 Å². The molecule has 0 bridgehead atoms. The molecular formula is C16H15FN2O4S. The summed E-state index contributed by atoms with van der Waals surface area (Å²) in [5.41, 5.74) is 5.34. The van der Waals surface area contributed by atoms with E-state index in [4.69, 9.17) is 5.73 Å². The largest absolute Gasteiger partial charge is 0.366 e. The minimum absolute atomic E-state index is 0.0102. The standard InChI is InChI=1S/C16H15FN2O4S/c1-9-13(17)7-11(15(18)20)8-14(9)19-16(21)10-4-3-5-12(6-10)24(2,22)23/h3-8H,1-2H3,(H2,18,20)(H,19,21). The molecule has 2 rings (SSSR count). The van der Waals surface area contributed by atoms with Crippen LogP contribution in [0.1, 0.15) is 26.3 Å². The highest BCUT2D eigenvalue weighted by molar-refractivity contribution is 7.90. The molecule has 2 aromatic rings. The second-order valence-corrected chi connectivity index (χ2v) is 7.26. The average Bonchev–Trinajstić information content (AvgIpc) is 2.50. The molecule has 0 aliphatic heterocycles. The van der Waals surface area contributed by atoms with Gasteiger partial charge in [0, 0.05) is 28.6 Å². The summed E-state index contributed by atoms with van der Waals surface area (Å²) >= 11 is 0. The van der Waals surface area contributed by atoms with Gasteiger partial charge >= 0.3 is 0 Å². The van der Waals surface area contributed by atoms with E-state index in [1.54, 1.807) is 0 Å². The van der Waals surface area contributed by atoms with E-state index in [2.05, 4.69) is 5.32 Å². The second-order valence-electron chi connectivity index (χ2n) is 5.25. The van der Waals surface area contributed by atoms with Crippen molar-refractivity contribution in [1.82, 2.24) is 0 Å². The van der Waals surface area contributed by atoms with Crippen molar-refractivity contribution in [1.29, 1.82) is 0 Å². The first-order valence-corrected chi connectivity index (χ1v) is 8.70. The summed E-state index contributed by atoms with van der Waals surface area (Å²) < 4.78 is 36.9. The SMILES string of the molecule is Cc1c(F)cc(C(N)=O)cc1NC(=O)c1cccc(S(C)(=O)=O)c1. The third-order valence-electron chi connectivity index (χ3n) is 3.40. The maximum absolute atomic E-state index is 13.8. The monoisotopic (exact) mass is 350 g/mol. The van der Waals surface area contributed by atoms with E-state index in [9.17, 15) is 22.4 Å². The summed E-state index contributed by atoms with van der Waals surface area (Å²) in [4.78, 5) is 23.5. The predicted molar refractivity (Wildman–Crippen MR) is 87.2 cm³/mol. The first kappa shape index (κ1) is 17.6. The number of halogens is 1. The number of carbonyl (C=O) groups is 2. The Morgan fingerprint density at radius 2 is 1.79 bits per heavy atom. The van der Waals surface area contributed by atoms with E-state index in [0.717, 1.165) is 12.3 Å². The van der Waals surface area contributed by atoms with Gasteiger partial charge in [0.15, 0.2) is 9.84 Å². The molecule has 0 atom stereocenters. The van der Waals surface area contributed by atoms with Gasteiger partial charge in [0.2, 0.25) is 5.91 Å². The predicted octanol–water partition coefficient (Wildman–Crippen LogP) is 1.89. The van der Waals surface area contributed by atoms with Gasteiger partial charge in [-0.25, -0.2) is 12.8 Å². The molecule has 2 amide bonds. The summed E-state index contributed by atoms with van der Waals surface area (Å²) in [6.45, 7) is 1.43. The first-order chi connectivity index (χ1) is 11.1. The van der Waals surface area contributed by atoms with Crippen LogP contribution in [0.15, 0.2) is 41.3 Å². The van der Waals surface area contributed by atoms with E-state index >= 15 is 0 Å². The zero-order valence-corrected chi connectivity index (χ0v) is 13.8. The molecule has 6 nitrogen and oxygen atoms in total. The lowest BCUT2D eigenvalue weighted by atomic mass is 10.1. The van der Waals surface area contributed by atoms with Crippen LogP contribution in [0.25, 0.3) is 0 Å². The van der Waals surface area contributed by atoms with Gasteiger partial charge in [-0.2, -0.15) is 0 Å². The van der Waals surface area contributed by atoms with Crippen LogP contribution in [0.3, 0.4) is 0 Å². The molecule has 0 aromatic heterocycles. The zero-order valence-electron chi connectivity index (χ0n) is 13.0. The number of nitrogens with two attached hydrogens (primary N) is 1. The Balaban J connectivity index is 2.39. The number of sulfone groups is 1. The first-order valence-electron chi connectivity index (χ1n) is 6.81. The quantitative estimate of drug-likeness (QED) is 0.878. The smallest absolute Gasteiger partial charge is 0.255 e. The van der Waals surface area contributed by atoms with Crippen LogP contribution in [0.4, 0.5) is 10.1 Å². The summed E-state index contributed by atoms with van der Waals surface area (Å²) in [5, 5.41) is 2.46. The van der Waals surface area contributed by atoms with Gasteiger partial charge in [-0.15, -0.1) is 0 Å². The second kappa shape index (κ2) is 6.40. The number of carbonyl (C=O) groups excluding carboxylic acids is 2. The molecule has 0 fully saturated rings. The highest BCUT2D eigenvalue weighted by Crippen LogP contribution is 2.22. The fourth-order valence-corrected chi connectivity index (χ4v) is 2.68. The Morgan fingerprint density at radius 3 is 2.38 bits per heavy atom. The van der Waals surface area contributed by atoms with Gasteiger partial charge in [-0.05, 0) is 37.3 Å². The van der Waals surface area contributed by atoms with Crippen LogP contribution < -0.4 is 11.1 Å². The third-order valence-corrected chi connectivity index (χ3v) is 4.51. The van der Waals surface area contributed by atoms with Gasteiger partial charge in [-0.1, -0.05) is 6.07 Å². The van der Waals surface area contributed by atoms with E-state index < -0.39 is 27.5 Å². The molecule has 0 radical (unpaired) electrons. The van der Waals surface area contributed by atoms with E-state index in [1.807, 2.05) is 0 Å². The molecule has 0 saturated heterocycles. The van der Waals surface area contributed by atoms with Crippen molar-refractivity contribution in [2.45, 2.75) is 11.8 Å². The summed E-state index contributed by atoms with van der Waals surface area (Å²) in [6, 6.07) is 7.68. The van der Waals surface area contributed by atoms with Crippen molar-refractivity contribution in [3.8, 4) is 0 Å². The molecule has 0 saturated carbocycles. The molecule has 0 aliphatic carbocycles. The Morgan fingerprint density at radius 1 is 1.12 bits per heavy atom. The number of amides is 2. The average molecular weight is 350 g/mol. The maximum atomic E-state index is 13.8. The highest BCUT2D eigenvalue weighted by Gasteiger charge is 2.15. The van der Waals surface area contributed by atoms with Crippen molar-refractivity contribution < 1.29 is 22.4 Å². The molecule has 2 aromatic carbocycles. The number of primary amides is 1. The lowest BCUT2D eigenvalue weighted by Crippen LogP contribution is -2.16. The zero-order chi connectivity index (χ0) is 18.1.